The van der Waals surface area contributed by atoms with Crippen LogP contribution in [-0.2, 0) is 11.2 Å². The molecule has 5 nitrogen and oxygen atoms in total. The van der Waals surface area contributed by atoms with Gasteiger partial charge in [0.05, 0.1) is 16.8 Å². The number of fused-ring (bicyclic) bond motifs is 2. The summed E-state index contributed by atoms with van der Waals surface area (Å²) in [5.74, 6) is -1.45. The number of nitrogens with two attached hydrogens (primary N) is 1. The molecule has 3 N–H and O–H groups in total. The number of H-pyrrole nitrogens is 1. The van der Waals surface area contributed by atoms with E-state index in [1.807, 2.05) is 32.0 Å². The number of aromatic amines is 1. The molecule has 2 aromatic carbocycles. The van der Waals surface area contributed by atoms with Crippen LogP contribution >= 0.6 is 0 Å². The van der Waals surface area contributed by atoms with Gasteiger partial charge in [-0.2, -0.15) is 0 Å². The Morgan fingerprint density at radius 1 is 1.31 bits per heavy atom. The van der Waals surface area contributed by atoms with Gasteiger partial charge in [0.15, 0.2) is 0 Å². The van der Waals surface area contributed by atoms with Crippen LogP contribution in [0.2, 0.25) is 0 Å². The van der Waals surface area contributed by atoms with Crippen molar-refractivity contribution in [3.8, 4) is 11.1 Å². The number of rotatable bonds is 3. The number of aromatic nitrogens is 1. The fourth-order valence-corrected chi connectivity index (χ4v) is 4.26. The average Bonchev–Trinajstić information content (AvgIpc) is 3.00. The second kappa shape index (κ2) is 6.88. The standard InChI is InChI=1S/C23H22FN3O2/c1-4-18(28)27-10-6-8-14-7-5-9-15(22(14)27)20-17(24)11-16(23(25)29)21-19(20)12(2)13(3)26-21/h4-5,7,9,11,26H,1,6,8,10H2,2-3H3,(H2,25,29). The normalized spacial score (nSPS) is 13.4. The fourth-order valence-electron chi connectivity index (χ4n) is 4.26. The highest BCUT2D eigenvalue weighted by molar-refractivity contribution is 6.13. The van der Waals surface area contributed by atoms with Gasteiger partial charge in [-0.05, 0) is 50.0 Å². The van der Waals surface area contributed by atoms with E-state index in [-0.39, 0.29) is 11.5 Å². The number of carbonyl (C=O) groups excluding carboxylic acids is 2. The molecule has 1 aliphatic heterocycles. The molecule has 0 atom stereocenters. The van der Waals surface area contributed by atoms with Crippen molar-refractivity contribution in [2.24, 2.45) is 5.73 Å². The highest BCUT2D eigenvalue weighted by Crippen LogP contribution is 2.43. The van der Waals surface area contributed by atoms with Gasteiger partial charge in [0.1, 0.15) is 5.82 Å². The number of primary amides is 1. The Hall–Kier alpha value is -3.41. The zero-order valence-corrected chi connectivity index (χ0v) is 16.4. The van der Waals surface area contributed by atoms with Gasteiger partial charge >= 0.3 is 0 Å². The van der Waals surface area contributed by atoms with Gasteiger partial charge in [-0.15, -0.1) is 0 Å². The largest absolute Gasteiger partial charge is 0.366 e. The number of hydrogen-bond donors (Lipinski definition) is 2. The topological polar surface area (TPSA) is 79.2 Å². The molecule has 1 aromatic heterocycles. The maximum absolute atomic E-state index is 15.5. The second-order valence-electron chi connectivity index (χ2n) is 7.38. The molecule has 0 saturated carbocycles. The third kappa shape index (κ3) is 2.83. The molecule has 148 valence electrons. The van der Waals surface area contributed by atoms with Gasteiger partial charge in [0, 0.05) is 28.8 Å². The van der Waals surface area contributed by atoms with Crippen molar-refractivity contribution in [1.82, 2.24) is 4.98 Å². The van der Waals surface area contributed by atoms with Crippen LogP contribution in [0.4, 0.5) is 10.1 Å². The third-order valence-electron chi connectivity index (χ3n) is 5.72. The molecule has 0 saturated heterocycles. The molecule has 1 aliphatic rings. The second-order valence-corrected chi connectivity index (χ2v) is 7.38. The van der Waals surface area contributed by atoms with Crippen LogP contribution < -0.4 is 10.6 Å². The van der Waals surface area contributed by atoms with Crippen molar-refractivity contribution >= 4 is 28.4 Å². The average molecular weight is 391 g/mol. The Labute approximate surface area is 168 Å². The molecule has 6 heteroatoms. The summed E-state index contributed by atoms with van der Waals surface area (Å²) in [6.07, 6.45) is 2.91. The maximum atomic E-state index is 15.5. The summed E-state index contributed by atoms with van der Waals surface area (Å²) >= 11 is 0. The van der Waals surface area contributed by atoms with Gasteiger partial charge in [0.25, 0.3) is 5.91 Å². The molecule has 0 radical (unpaired) electrons. The van der Waals surface area contributed by atoms with E-state index < -0.39 is 11.7 Å². The number of nitrogens with zero attached hydrogens (tertiary/aromatic N) is 1. The summed E-state index contributed by atoms with van der Waals surface area (Å²) < 4.78 is 15.5. The van der Waals surface area contributed by atoms with Gasteiger partial charge in [0.2, 0.25) is 5.91 Å². The molecular weight excluding hydrogens is 369 g/mol. The summed E-state index contributed by atoms with van der Waals surface area (Å²) in [5, 5.41) is 0.612. The third-order valence-corrected chi connectivity index (χ3v) is 5.72. The quantitative estimate of drug-likeness (QED) is 0.658. The van der Waals surface area contributed by atoms with E-state index in [2.05, 4.69) is 11.6 Å². The van der Waals surface area contributed by atoms with Crippen LogP contribution in [0.1, 0.15) is 33.6 Å². The van der Waals surface area contributed by atoms with Crippen molar-refractivity contribution in [1.29, 1.82) is 0 Å². The number of carbonyl (C=O) groups is 2. The zero-order valence-electron chi connectivity index (χ0n) is 16.4. The molecule has 0 bridgehead atoms. The first-order valence-corrected chi connectivity index (χ1v) is 9.52. The first-order valence-electron chi connectivity index (χ1n) is 9.52. The van der Waals surface area contributed by atoms with Gasteiger partial charge in [-0.25, -0.2) is 4.39 Å². The Morgan fingerprint density at radius 2 is 2.07 bits per heavy atom. The number of benzene rings is 2. The monoisotopic (exact) mass is 391 g/mol. The van der Waals surface area contributed by atoms with E-state index in [1.54, 1.807) is 4.90 Å². The molecule has 2 amide bonds. The van der Waals surface area contributed by atoms with Crippen molar-refractivity contribution in [2.45, 2.75) is 26.7 Å². The van der Waals surface area contributed by atoms with E-state index in [0.29, 0.717) is 34.3 Å². The highest BCUT2D eigenvalue weighted by Gasteiger charge is 2.28. The predicted molar refractivity (Wildman–Crippen MR) is 113 cm³/mol. The van der Waals surface area contributed by atoms with E-state index in [1.165, 1.54) is 12.1 Å². The van der Waals surface area contributed by atoms with Gasteiger partial charge in [-0.1, -0.05) is 24.8 Å². The molecule has 0 unspecified atom stereocenters. The minimum atomic E-state index is -0.694. The molecule has 0 aliphatic carbocycles. The predicted octanol–water partition coefficient (Wildman–Crippen LogP) is 4.15. The number of amides is 2. The van der Waals surface area contributed by atoms with Crippen molar-refractivity contribution < 1.29 is 14.0 Å². The minimum Gasteiger partial charge on any atom is -0.366 e. The fraction of sp³-hybridized carbons (Fsp3) is 0.217. The number of para-hydroxylation sites is 1. The van der Waals surface area contributed by atoms with Crippen LogP contribution in [0.15, 0.2) is 36.9 Å². The lowest BCUT2D eigenvalue weighted by atomic mass is 9.90. The van der Waals surface area contributed by atoms with Crippen LogP contribution in [0.25, 0.3) is 22.0 Å². The van der Waals surface area contributed by atoms with Crippen LogP contribution in [0, 0.1) is 19.7 Å². The van der Waals surface area contributed by atoms with E-state index in [9.17, 15) is 9.59 Å². The first-order chi connectivity index (χ1) is 13.8. The number of nitrogens with one attached hydrogen (secondary N) is 1. The van der Waals surface area contributed by atoms with Crippen LogP contribution in [-0.4, -0.2) is 23.3 Å². The highest BCUT2D eigenvalue weighted by atomic mass is 19.1. The number of aryl methyl sites for hydroxylation is 3. The molecule has 29 heavy (non-hydrogen) atoms. The zero-order chi connectivity index (χ0) is 20.9. The molecule has 0 spiro atoms. The molecule has 2 heterocycles. The molecular formula is C23H22FN3O2. The molecule has 3 aromatic rings. The molecule has 4 rings (SSSR count). The van der Waals surface area contributed by atoms with Crippen molar-refractivity contribution in [2.75, 3.05) is 11.4 Å². The minimum absolute atomic E-state index is 0.112. The first kappa shape index (κ1) is 18.9. The summed E-state index contributed by atoms with van der Waals surface area (Å²) in [5.41, 5.74) is 10.5. The number of halogens is 1. The summed E-state index contributed by atoms with van der Waals surface area (Å²) in [6, 6.07) is 6.83. The van der Waals surface area contributed by atoms with Crippen LogP contribution in [0.5, 0.6) is 0 Å². The Bertz CT molecular complexity index is 1190. The lowest BCUT2D eigenvalue weighted by molar-refractivity contribution is -0.114. The van der Waals surface area contributed by atoms with Crippen LogP contribution in [0.3, 0.4) is 0 Å². The van der Waals surface area contributed by atoms with Crippen molar-refractivity contribution in [3.63, 3.8) is 0 Å². The SMILES string of the molecule is C=CC(=O)N1CCCc2cccc(-c3c(F)cc(C(N)=O)c4[nH]c(C)c(C)c34)c21. The summed E-state index contributed by atoms with van der Waals surface area (Å²) in [4.78, 5) is 29.3. The molecule has 0 fully saturated rings. The Kier molecular flexibility index (Phi) is 4.49. The maximum Gasteiger partial charge on any atom is 0.250 e. The smallest absolute Gasteiger partial charge is 0.250 e. The van der Waals surface area contributed by atoms with Gasteiger partial charge in [-0.3, -0.25) is 9.59 Å². The summed E-state index contributed by atoms with van der Waals surface area (Å²) in [6.45, 7) is 7.90. The lowest BCUT2D eigenvalue weighted by Crippen LogP contribution is -2.34. The van der Waals surface area contributed by atoms with E-state index >= 15 is 4.39 Å². The summed E-state index contributed by atoms with van der Waals surface area (Å²) in [7, 11) is 0. The van der Waals surface area contributed by atoms with Gasteiger partial charge < -0.3 is 15.6 Å². The number of hydrogen-bond acceptors (Lipinski definition) is 2. The Balaban J connectivity index is 2.11. The van der Waals surface area contributed by atoms with Crippen molar-refractivity contribution in [3.05, 3.63) is 65.1 Å². The lowest BCUT2D eigenvalue weighted by Gasteiger charge is -2.31. The Morgan fingerprint density at radius 3 is 2.76 bits per heavy atom. The number of anilines is 1. The van der Waals surface area contributed by atoms with E-state index in [0.717, 1.165) is 29.7 Å². The van der Waals surface area contributed by atoms with E-state index in [4.69, 9.17) is 5.73 Å².